The summed E-state index contributed by atoms with van der Waals surface area (Å²) in [7, 11) is 0. The summed E-state index contributed by atoms with van der Waals surface area (Å²) < 4.78 is 53.0. The molecule has 9 heteroatoms. The van der Waals surface area contributed by atoms with E-state index in [2.05, 4.69) is 9.72 Å². The Labute approximate surface area is 98.2 Å². The largest absolute Gasteiger partial charge is 0.573 e. The molecule has 0 aliphatic rings. The second-order valence-electron chi connectivity index (χ2n) is 3.19. The zero-order valence-corrected chi connectivity index (χ0v) is 8.79. The standard InChI is InChI=1S/C9H8F4N2O3/c10-8-4(1-7(16)17)5(2-14)6(3-15-8)18-9(11,12)13/h3H,1-2,14H2,(H,16,17). The topological polar surface area (TPSA) is 85.4 Å². The number of pyridine rings is 1. The van der Waals surface area contributed by atoms with E-state index in [1.807, 2.05) is 0 Å². The SMILES string of the molecule is NCc1c(OC(F)(F)F)cnc(F)c1CC(=O)O. The number of alkyl halides is 3. The van der Waals surface area contributed by atoms with Gasteiger partial charge in [-0.2, -0.15) is 4.39 Å². The third-order valence-corrected chi connectivity index (χ3v) is 1.96. The predicted octanol–water partition coefficient (Wildman–Crippen LogP) is 1.21. The number of nitrogens with two attached hydrogens (primary N) is 1. The zero-order chi connectivity index (χ0) is 13.9. The van der Waals surface area contributed by atoms with Gasteiger partial charge in [0.1, 0.15) is 0 Å². The molecule has 1 aromatic heterocycles. The maximum atomic E-state index is 13.2. The van der Waals surface area contributed by atoms with Gasteiger partial charge in [-0.25, -0.2) is 4.98 Å². The first-order chi connectivity index (χ1) is 8.24. The molecule has 0 aromatic carbocycles. The van der Waals surface area contributed by atoms with Crippen molar-refractivity contribution in [1.29, 1.82) is 0 Å². The Morgan fingerprint density at radius 2 is 2.06 bits per heavy atom. The van der Waals surface area contributed by atoms with Crippen molar-refractivity contribution in [3.63, 3.8) is 0 Å². The molecule has 1 heterocycles. The van der Waals surface area contributed by atoms with E-state index in [1.54, 1.807) is 0 Å². The molecule has 1 aromatic rings. The molecule has 1 rings (SSSR count). The van der Waals surface area contributed by atoms with E-state index in [-0.39, 0.29) is 5.56 Å². The minimum absolute atomic E-state index is 0.373. The van der Waals surface area contributed by atoms with Crippen LogP contribution in [0.25, 0.3) is 0 Å². The van der Waals surface area contributed by atoms with Crippen LogP contribution < -0.4 is 10.5 Å². The molecule has 0 fully saturated rings. The van der Waals surface area contributed by atoms with Crippen LogP contribution in [0.15, 0.2) is 6.20 Å². The Balaban J connectivity index is 3.24. The van der Waals surface area contributed by atoms with Gasteiger partial charge in [-0.15, -0.1) is 13.2 Å². The van der Waals surface area contributed by atoms with Crippen LogP contribution in [-0.4, -0.2) is 22.4 Å². The first kappa shape index (κ1) is 14.2. The lowest BCUT2D eigenvalue weighted by Crippen LogP contribution is -2.20. The van der Waals surface area contributed by atoms with E-state index in [0.717, 1.165) is 0 Å². The highest BCUT2D eigenvalue weighted by atomic mass is 19.4. The zero-order valence-electron chi connectivity index (χ0n) is 8.79. The van der Waals surface area contributed by atoms with E-state index in [0.29, 0.717) is 6.20 Å². The van der Waals surface area contributed by atoms with Gasteiger partial charge in [-0.05, 0) is 0 Å². The van der Waals surface area contributed by atoms with Crippen molar-refractivity contribution >= 4 is 5.97 Å². The Morgan fingerprint density at radius 3 is 2.50 bits per heavy atom. The van der Waals surface area contributed by atoms with Crippen molar-refractivity contribution in [2.24, 2.45) is 5.73 Å². The van der Waals surface area contributed by atoms with Crippen LogP contribution in [0.1, 0.15) is 11.1 Å². The van der Waals surface area contributed by atoms with Crippen molar-refractivity contribution in [3.05, 3.63) is 23.3 Å². The number of carbonyl (C=O) groups is 1. The fraction of sp³-hybridized carbons (Fsp3) is 0.333. The van der Waals surface area contributed by atoms with Gasteiger partial charge in [0.2, 0.25) is 5.95 Å². The molecule has 0 spiro atoms. The summed E-state index contributed by atoms with van der Waals surface area (Å²) in [5.74, 6) is -3.41. The number of ether oxygens (including phenoxy) is 1. The molecule has 100 valence electrons. The molecule has 3 N–H and O–H groups in total. The minimum atomic E-state index is -5.00. The Morgan fingerprint density at radius 1 is 1.44 bits per heavy atom. The third kappa shape index (κ3) is 3.55. The summed E-state index contributed by atoms with van der Waals surface area (Å²) in [6, 6.07) is 0. The fourth-order valence-corrected chi connectivity index (χ4v) is 1.31. The molecule has 18 heavy (non-hydrogen) atoms. The second kappa shape index (κ2) is 5.17. The smallest absolute Gasteiger partial charge is 0.481 e. The van der Waals surface area contributed by atoms with Crippen LogP contribution in [0, 0.1) is 5.95 Å². The molecule has 0 unspecified atom stereocenters. The highest BCUT2D eigenvalue weighted by Gasteiger charge is 2.33. The monoisotopic (exact) mass is 268 g/mol. The molecule has 0 amide bonds. The molecule has 0 atom stereocenters. The molecule has 0 aliphatic heterocycles. The lowest BCUT2D eigenvalue weighted by Gasteiger charge is -2.14. The summed E-state index contributed by atoms with van der Waals surface area (Å²) in [5, 5.41) is 8.54. The van der Waals surface area contributed by atoms with Crippen molar-refractivity contribution < 1.29 is 32.2 Å². The van der Waals surface area contributed by atoms with Crippen molar-refractivity contribution in [2.75, 3.05) is 0 Å². The summed E-state index contributed by atoms with van der Waals surface area (Å²) in [4.78, 5) is 13.5. The van der Waals surface area contributed by atoms with E-state index < -0.39 is 42.6 Å². The summed E-state index contributed by atoms with van der Waals surface area (Å²) >= 11 is 0. The second-order valence-corrected chi connectivity index (χ2v) is 3.19. The summed E-state index contributed by atoms with van der Waals surface area (Å²) in [5.41, 5.74) is 4.29. The van der Waals surface area contributed by atoms with E-state index in [4.69, 9.17) is 10.8 Å². The van der Waals surface area contributed by atoms with Gasteiger partial charge < -0.3 is 15.6 Å². The number of halogens is 4. The van der Waals surface area contributed by atoms with Gasteiger partial charge in [-0.3, -0.25) is 4.79 Å². The first-order valence-electron chi connectivity index (χ1n) is 4.58. The Hall–Kier alpha value is -1.90. The third-order valence-electron chi connectivity index (χ3n) is 1.96. The average molecular weight is 268 g/mol. The average Bonchev–Trinajstić information content (AvgIpc) is 2.20. The van der Waals surface area contributed by atoms with Crippen LogP contribution in [0.3, 0.4) is 0 Å². The molecule has 0 aliphatic carbocycles. The van der Waals surface area contributed by atoms with Crippen LogP contribution >= 0.6 is 0 Å². The maximum Gasteiger partial charge on any atom is 0.573 e. The highest BCUT2D eigenvalue weighted by molar-refractivity contribution is 5.71. The first-order valence-corrected chi connectivity index (χ1v) is 4.58. The molecule has 5 nitrogen and oxygen atoms in total. The van der Waals surface area contributed by atoms with Gasteiger partial charge in [-0.1, -0.05) is 0 Å². The number of aromatic nitrogens is 1. The number of aliphatic carboxylic acids is 1. The van der Waals surface area contributed by atoms with E-state index >= 15 is 0 Å². The number of hydrogen-bond donors (Lipinski definition) is 2. The molecule has 0 radical (unpaired) electrons. The number of nitrogens with zero attached hydrogens (tertiary/aromatic N) is 1. The Kier molecular flexibility index (Phi) is 4.07. The normalized spacial score (nSPS) is 11.4. The molecule has 0 saturated heterocycles. The number of hydrogen-bond acceptors (Lipinski definition) is 4. The Bertz CT molecular complexity index is 462. The van der Waals surface area contributed by atoms with E-state index in [1.165, 1.54) is 0 Å². The lowest BCUT2D eigenvalue weighted by atomic mass is 10.1. The molecule has 0 bridgehead atoms. The summed E-state index contributed by atoms with van der Waals surface area (Å²) in [6.07, 6.45) is -5.32. The van der Waals surface area contributed by atoms with Gasteiger partial charge in [0, 0.05) is 17.7 Å². The van der Waals surface area contributed by atoms with Crippen molar-refractivity contribution in [3.8, 4) is 5.75 Å². The van der Waals surface area contributed by atoms with Crippen molar-refractivity contribution in [2.45, 2.75) is 19.3 Å². The van der Waals surface area contributed by atoms with Gasteiger partial charge in [0.05, 0.1) is 12.6 Å². The fourth-order valence-electron chi connectivity index (χ4n) is 1.31. The molecular weight excluding hydrogens is 260 g/mol. The number of carboxylic acids is 1. The van der Waals surface area contributed by atoms with Crippen LogP contribution in [0.2, 0.25) is 0 Å². The number of carboxylic acid groups (broad SMARTS) is 1. The summed E-state index contributed by atoms with van der Waals surface area (Å²) in [6.45, 7) is -0.506. The minimum Gasteiger partial charge on any atom is -0.481 e. The van der Waals surface area contributed by atoms with Crippen molar-refractivity contribution in [1.82, 2.24) is 4.98 Å². The van der Waals surface area contributed by atoms with Gasteiger partial charge in [0.15, 0.2) is 5.75 Å². The predicted molar refractivity (Wildman–Crippen MR) is 50.1 cm³/mol. The maximum absolute atomic E-state index is 13.2. The molecular formula is C9H8F4N2O3. The van der Waals surface area contributed by atoms with Crippen LogP contribution in [0.5, 0.6) is 5.75 Å². The number of rotatable bonds is 4. The van der Waals surface area contributed by atoms with E-state index in [9.17, 15) is 22.4 Å². The van der Waals surface area contributed by atoms with Crippen LogP contribution in [-0.2, 0) is 17.8 Å². The molecule has 0 saturated carbocycles. The lowest BCUT2D eigenvalue weighted by molar-refractivity contribution is -0.275. The van der Waals surface area contributed by atoms with Crippen LogP contribution in [0.4, 0.5) is 17.6 Å². The van der Waals surface area contributed by atoms with Gasteiger partial charge >= 0.3 is 12.3 Å². The van der Waals surface area contributed by atoms with Gasteiger partial charge in [0.25, 0.3) is 0 Å². The quantitative estimate of drug-likeness (QED) is 0.633. The highest BCUT2D eigenvalue weighted by Crippen LogP contribution is 2.28.